The maximum atomic E-state index is 12.6. The number of rotatable bonds is 8. The minimum Gasteiger partial charge on any atom is -0.872 e. The molecule has 0 radical (unpaired) electrons. The summed E-state index contributed by atoms with van der Waals surface area (Å²) >= 11 is 1.82. The minimum atomic E-state index is -0.230. The van der Waals surface area contributed by atoms with Gasteiger partial charge < -0.3 is 5.11 Å². The molecule has 0 aliphatic carbocycles. The van der Waals surface area contributed by atoms with Crippen molar-refractivity contribution in [3.8, 4) is 0 Å². The zero-order valence-corrected chi connectivity index (χ0v) is 16.5. The smallest absolute Gasteiger partial charge is 0.179 e. The molecule has 0 atom stereocenters. The highest BCUT2D eigenvalue weighted by atomic mass is 32.2. The predicted octanol–water partition coefficient (Wildman–Crippen LogP) is 6.14. The van der Waals surface area contributed by atoms with Crippen molar-refractivity contribution in [3.63, 3.8) is 0 Å². The third-order valence-electron chi connectivity index (χ3n) is 4.42. The van der Waals surface area contributed by atoms with Crippen LogP contribution in [0.25, 0.3) is 0 Å². The molecule has 1 nitrogen and oxygen atoms in total. The van der Waals surface area contributed by atoms with Gasteiger partial charge in [0.05, 0.1) is 20.7 Å². The zero-order valence-electron chi connectivity index (χ0n) is 14.9. The third kappa shape index (κ3) is 4.86. The van der Waals surface area contributed by atoms with Gasteiger partial charge in [0.25, 0.3) is 0 Å². The van der Waals surface area contributed by atoms with Gasteiger partial charge in [-0.3, -0.25) is 0 Å². The quantitative estimate of drug-likeness (QED) is 0.316. The zero-order chi connectivity index (χ0) is 17.5. The summed E-state index contributed by atoms with van der Waals surface area (Å²) in [6, 6.07) is 17.0. The van der Waals surface area contributed by atoms with Crippen LogP contribution in [0, 0.1) is 0 Å². The molecule has 1 aliphatic rings. The van der Waals surface area contributed by atoms with E-state index in [4.69, 9.17) is 0 Å². The first-order chi connectivity index (χ1) is 12.3. The first-order valence-corrected chi connectivity index (χ1v) is 11.4. The van der Waals surface area contributed by atoms with Gasteiger partial charge in [-0.1, -0.05) is 87.2 Å². The monoisotopic (exact) mass is 370 g/mol. The van der Waals surface area contributed by atoms with E-state index in [9.17, 15) is 5.11 Å². The molecule has 0 aromatic heterocycles. The molecule has 0 fully saturated rings. The van der Waals surface area contributed by atoms with Crippen LogP contribution in [0.2, 0.25) is 0 Å². The van der Waals surface area contributed by atoms with Crippen molar-refractivity contribution >= 4 is 22.7 Å². The number of hydrogen-bond donors (Lipinski definition) is 0. The second-order valence-electron chi connectivity index (χ2n) is 6.44. The fraction of sp³-hybridized carbons (Fsp3) is 0.364. The van der Waals surface area contributed by atoms with Crippen LogP contribution in [0.1, 0.15) is 51.9 Å². The average Bonchev–Trinajstić information content (AvgIpc) is 2.64. The van der Waals surface area contributed by atoms with E-state index < -0.39 is 0 Å². The topological polar surface area (TPSA) is 23.1 Å². The molecule has 0 saturated carbocycles. The molecule has 132 valence electrons. The predicted molar refractivity (Wildman–Crippen MR) is 107 cm³/mol. The van der Waals surface area contributed by atoms with Gasteiger partial charge >= 0.3 is 0 Å². The van der Waals surface area contributed by atoms with Gasteiger partial charge in [-0.15, -0.1) is 0 Å². The molecule has 0 amide bonds. The Morgan fingerprint density at radius 2 is 1.44 bits per heavy atom. The van der Waals surface area contributed by atoms with Crippen LogP contribution in [0.15, 0.2) is 79.3 Å². The van der Waals surface area contributed by atoms with Gasteiger partial charge in [0.1, 0.15) is 5.41 Å². The standard InChI is InChI=1S/C22H26OS2/c1-2-3-4-5-6-7-12-18(23)17-25-21-15-10-8-13-19(21)24-20-14-9-11-16-22(20)25/h8-11,13-17H,2-7,12H2,1H3/b18-17-. The maximum Gasteiger partial charge on any atom is 0.179 e. The molecular formula is C22H26OS2. The van der Waals surface area contributed by atoms with Crippen molar-refractivity contribution in [1.82, 2.24) is 0 Å². The van der Waals surface area contributed by atoms with E-state index in [2.05, 4.69) is 55.5 Å². The highest BCUT2D eigenvalue weighted by Crippen LogP contribution is 2.45. The largest absolute Gasteiger partial charge is 0.872 e. The van der Waals surface area contributed by atoms with Crippen molar-refractivity contribution in [2.24, 2.45) is 0 Å². The van der Waals surface area contributed by atoms with Gasteiger partial charge in [0.2, 0.25) is 0 Å². The van der Waals surface area contributed by atoms with E-state index >= 15 is 0 Å². The Labute approximate surface area is 158 Å². The lowest BCUT2D eigenvalue weighted by Crippen LogP contribution is -2.12. The molecular weight excluding hydrogens is 344 g/mol. The molecule has 2 aromatic rings. The fourth-order valence-corrected chi connectivity index (χ4v) is 6.61. The van der Waals surface area contributed by atoms with Crippen LogP contribution in [0.4, 0.5) is 0 Å². The number of unbranched alkanes of at least 4 members (excludes halogenated alkanes) is 5. The number of allylic oxidation sites excluding steroid dienone is 1. The summed E-state index contributed by atoms with van der Waals surface area (Å²) in [5.74, 6) is 0.301. The lowest BCUT2D eigenvalue weighted by molar-refractivity contribution is -0.306. The van der Waals surface area contributed by atoms with Gasteiger partial charge in [0.15, 0.2) is 9.79 Å². The molecule has 1 aliphatic heterocycles. The van der Waals surface area contributed by atoms with Crippen LogP contribution < -0.4 is 5.11 Å². The first-order valence-electron chi connectivity index (χ1n) is 9.26. The number of fused-ring (bicyclic) bond motifs is 2. The lowest BCUT2D eigenvalue weighted by atomic mass is 10.1. The molecule has 0 unspecified atom stereocenters. The van der Waals surface area contributed by atoms with Gasteiger partial charge in [0, 0.05) is 0 Å². The van der Waals surface area contributed by atoms with E-state index in [1.807, 2.05) is 17.2 Å². The van der Waals surface area contributed by atoms with Crippen LogP contribution in [-0.4, -0.2) is 0 Å². The highest BCUT2D eigenvalue weighted by Gasteiger charge is 2.33. The molecule has 2 aromatic carbocycles. The van der Waals surface area contributed by atoms with Crippen molar-refractivity contribution in [3.05, 3.63) is 59.7 Å². The van der Waals surface area contributed by atoms with Crippen LogP contribution >= 0.6 is 11.8 Å². The summed E-state index contributed by atoms with van der Waals surface area (Å²) in [6.07, 6.45) is 8.03. The Morgan fingerprint density at radius 1 is 0.880 bits per heavy atom. The van der Waals surface area contributed by atoms with E-state index in [1.165, 1.54) is 51.7 Å². The molecule has 3 heteroatoms. The van der Waals surface area contributed by atoms with E-state index in [0.717, 1.165) is 6.42 Å². The minimum absolute atomic E-state index is 0.230. The Morgan fingerprint density at radius 3 is 2.08 bits per heavy atom. The molecule has 0 spiro atoms. The molecule has 0 N–H and O–H groups in total. The Balaban J connectivity index is 1.71. The molecule has 25 heavy (non-hydrogen) atoms. The van der Waals surface area contributed by atoms with E-state index in [0.29, 0.717) is 12.2 Å². The summed E-state index contributed by atoms with van der Waals surface area (Å²) in [5.41, 5.74) is 0. The fourth-order valence-electron chi connectivity index (χ4n) is 3.07. The normalized spacial score (nSPS) is 14.2. The molecule has 1 heterocycles. The van der Waals surface area contributed by atoms with Crippen molar-refractivity contribution in [2.75, 3.05) is 0 Å². The van der Waals surface area contributed by atoms with Crippen molar-refractivity contribution < 1.29 is 5.11 Å². The Kier molecular flexibility index (Phi) is 6.94. The first kappa shape index (κ1) is 18.5. The summed E-state index contributed by atoms with van der Waals surface area (Å²) in [7, 11) is -0.230. The van der Waals surface area contributed by atoms with E-state index in [-0.39, 0.29) is 10.9 Å². The van der Waals surface area contributed by atoms with Crippen LogP contribution in [0.3, 0.4) is 0 Å². The number of benzene rings is 2. The lowest BCUT2D eigenvalue weighted by Gasteiger charge is -2.19. The summed E-state index contributed by atoms with van der Waals surface area (Å²) < 4.78 is 0. The maximum absolute atomic E-state index is 12.6. The van der Waals surface area contributed by atoms with Gasteiger partial charge in [-0.2, -0.15) is 0 Å². The second kappa shape index (κ2) is 9.40. The second-order valence-corrected chi connectivity index (χ2v) is 9.31. The van der Waals surface area contributed by atoms with Crippen LogP contribution in [0.5, 0.6) is 0 Å². The third-order valence-corrected chi connectivity index (χ3v) is 7.99. The van der Waals surface area contributed by atoms with Crippen LogP contribution in [-0.2, 0) is 10.9 Å². The van der Waals surface area contributed by atoms with Crippen molar-refractivity contribution in [1.29, 1.82) is 0 Å². The molecule has 0 bridgehead atoms. The highest BCUT2D eigenvalue weighted by molar-refractivity contribution is 8.05. The SMILES string of the molecule is CCCCCCCC/C([O-])=C/[S+]1c2ccccc2Sc2ccccc21. The molecule has 3 rings (SSSR count). The average molecular weight is 371 g/mol. The summed E-state index contributed by atoms with van der Waals surface area (Å²) in [5, 5.41) is 14.6. The van der Waals surface area contributed by atoms with Gasteiger partial charge in [-0.05, 0) is 30.7 Å². The summed E-state index contributed by atoms with van der Waals surface area (Å²) in [4.78, 5) is 5.16. The van der Waals surface area contributed by atoms with Gasteiger partial charge in [-0.25, -0.2) is 0 Å². The molecule has 0 saturated heterocycles. The van der Waals surface area contributed by atoms with Crippen molar-refractivity contribution in [2.45, 2.75) is 71.5 Å². The Bertz CT molecular complexity index is 678. The summed E-state index contributed by atoms with van der Waals surface area (Å²) in [6.45, 7) is 2.23. The Hall–Kier alpha value is -1.32. The van der Waals surface area contributed by atoms with E-state index in [1.54, 1.807) is 0 Å². The number of hydrogen-bond acceptors (Lipinski definition) is 2.